The second-order valence-corrected chi connectivity index (χ2v) is 14.2. The van der Waals surface area contributed by atoms with Crippen LogP contribution in [0.4, 0.5) is 5.69 Å². The van der Waals surface area contributed by atoms with E-state index in [-0.39, 0.29) is 10.6 Å². The molecular weight excluding hydrogens is 262 g/mol. The summed E-state index contributed by atoms with van der Waals surface area (Å²) in [5.74, 6) is 1.03. The predicted octanol–water partition coefficient (Wildman–Crippen LogP) is 3.61. The molecule has 1 aromatic carbocycles. The molecule has 0 aliphatic heterocycles. The molecule has 2 unspecified atom stereocenters. The lowest BCUT2D eigenvalue weighted by Gasteiger charge is -2.23. The topological polar surface area (TPSA) is 43.1 Å². The van der Waals surface area contributed by atoms with Crippen LogP contribution in [0.25, 0.3) is 0 Å². The van der Waals surface area contributed by atoms with Crippen LogP contribution in [-0.2, 0) is 16.6 Å². The molecule has 0 fully saturated rings. The Hall–Kier alpha value is -0.813. The maximum Gasteiger partial charge on any atom is 0.269 e. The van der Waals surface area contributed by atoms with Gasteiger partial charge in [0.1, 0.15) is 18.7 Å². The Bertz CT molecular complexity index is 414. The van der Waals surface area contributed by atoms with E-state index >= 15 is 0 Å². The highest BCUT2D eigenvalue weighted by Gasteiger charge is 2.34. The minimum Gasteiger partial charge on any atom is -0.258 e. The van der Waals surface area contributed by atoms with Gasteiger partial charge in [-0.15, -0.1) is 0 Å². The van der Waals surface area contributed by atoms with E-state index in [4.69, 9.17) is 0 Å². The van der Waals surface area contributed by atoms with Crippen LogP contribution in [0, 0.1) is 10.1 Å². The lowest BCUT2D eigenvalue weighted by molar-refractivity contribution is -0.384. The van der Waals surface area contributed by atoms with Gasteiger partial charge in [-0.05, 0) is 30.0 Å². The van der Waals surface area contributed by atoms with Crippen LogP contribution in [0.15, 0.2) is 24.3 Å². The minimum atomic E-state index is -1.10. The fraction of sp³-hybridized carbons (Fsp3) is 0.538. The van der Waals surface area contributed by atoms with E-state index in [1.54, 1.807) is 12.1 Å². The first-order valence-corrected chi connectivity index (χ1v) is 11.5. The summed E-state index contributed by atoms with van der Waals surface area (Å²) in [6, 6.07) is 6.98. The Labute approximate surface area is 113 Å². The first-order chi connectivity index (χ1) is 8.21. The quantitative estimate of drug-likeness (QED) is 0.359. The molecule has 0 radical (unpaired) electrons. The summed E-state index contributed by atoms with van der Waals surface area (Å²) in [6.45, 7) is 9.55. The van der Waals surface area contributed by atoms with Crippen LogP contribution in [0.3, 0.4) is 0 Å². The molecule has 0 amide bonds. The van der Waals surface area contributed by atoms with Crippen LogP contribution in [-0.4, -0.2) is 24.1 Å². The van der Waals surface area contributed by atoms with Crippen molar-refractivity contribution in [1.29, 1.82) is 0 Å². The first kappa shape index (κ1) is 15.2. The fourth-order valence-electron chi connectivity index (χ4n) is 1.71. The summed E-state index contributed by atoms with van der Waals surface area (Å²) in [5.41, 5.74) is 1.38. The summed E-state index contributed by atoms with van der Waals surface area (Å²) in [5, 5.41) is 10.6. The monoisotopic (exact) mass is 284 g/mol. The Morgan fingerprint density at radius 2 is 1.78 bits per heavy atom. The summed E-state index contributed by atoms with van der Waals surface area (Å²) < 4.78 is 0. The summed E-state index contributed by atoms with van der Waals surface area (Å²) in [6.07, 6.45) is 2.31. The molecule has 0 saturated heterocycles. The second kappa shape index (κ2) is 5.89. The molecule has 1 aromatic rings. The van der Waals surface area contributed by atoms with Gasteiger partial charge in [0.2, 0.25) is 0 Å². The lowest BCUT2D eigenvalue weighted by atomic mass is 10.2. The van der Waals surface area contributed by atoms with Gasteiger partial charge in [0.05, 0.1) is 11.2 Å². The predicted molar refractivity (Wildman–Crippen MR) is 82.9 cm³/mol. The highest BCUT2D eigenvalue weighted by Crippen LogP contribution is 2.21. The zero-order valence-corrected chi connectivity index (χ0v) is 13.6. The third kappa shape index (κ3) is 4.14. The molecule has 0 heterocycles. The third-order valence-electron chi connectivity index (χ3n) is 3.36. The molecule has 0 N–H and O–H groups in total. The van der Waals surface area contributed by atoms with Crippen LogP contribution in [0.5, 0.6) is 0 Å². The molecule has 1 rings (SSSR count). The minimum absolute atomic E-state index is 0.174. The number of nitrogens with zero attached hydrogens (tertiary/aromatic N) is 1. The molecular formula is C13H22NO2SSi+. The Kier molecular flexibility index (Phi) is 4.98. The van der Waals surface area contributed by atoms with Gasteiger partial charge < -0.3 is 0 Å². The summed E-state index contributed by atoms with van der Waals surface area (Å²) in [4.78, 5) is 11.0. The van der Waals surface area contributed by atoms with Crippen molar-refractivity contribution in [2.45, 2.75) is 37.2 Å². The Morgan fingerprint density at radius 3 is 2.17 bits per heavy atom. The maximum atomic E-state index is 10.6. The van der Waals surface area contributed by atoms with E-state index in [9.17, 15) is 10.1 Å². The van der Waals surface area contributed by atoms with Crippen LogP contribution in [0.2, 0.25) is 19.6 Å². The maximum absolute atomic E-state index is 10.6. The van der Waals surface area contributed by atoms with Gasteiger partial charge in [-0.3, -0.25) is 10.1 Å². The van der Waals surface area contributed by atoms with E-state index in [1.807, 2.05) is 12.1 Å². The molecule has 0 saturated carbocycles. The number of nitro groups is 1. The molecule has 0 aliphatic rings. The number of hydrogen-bond donors (Lipinski definition) is 0. The van der Waals surface area contributed by atoms with Gasteiger partial charge >= 0.3 is 0 Å². The molecule has 0 spiro atoms. The highest BCUT2D eigenvalue weighted by atomic mass is 32.2. The van der Waals surface area contributed by atoms with Crippen molar-refractivity contribution >= 4 is 24.7 Å². The second-order valence-electron chi connectivity index (χ2n) is 5.77. The van der Waals surface area contributed by atoms with Crippen molar-refractivity contribution in [2.24, 2.45) is 0 Å². The number of rotatable bonds is 5. The summed E-state index contributed by atoms with van der Waals surface area (Å²) >= 11 is 0. The number of benzene rings is 1. The molecule has 100 valence electrons. The van der Waals surface area contributed by atoms with Crippen molar-refractivity contribution in [1.82, 2.24) is 0 Å². The van der Waals surface area contributed by atoms with Gasteiger partial charge in [0.25, 0.3) is 5.69 Å². The van der Waals surface area contributed by atoms with Gasteiger partial charge in [-0.1, -0.05) is 19.6 Å². The van der Waals surface area contributed by atoms with Gasteiger partial charge in [-0.2, -0.15) is 0 Å². The molecule has 0 aliphatic carbocycles. The van der Waals surface area contributed by atoms with Crippen molar-refractivity contribution in [3.05, 3.63) is 39.9 Å². The Morgan fingerprint density at radius 1 is 1.28 bits per heavy atom. The zero-order chi connectivity index (χ0) is 13.9. The van der Waals surface area contributed by atoms with Crippen molar-refractivity contribution < 1.29 is 4.92 Å². The van der Waals surface area contributed by atoms with Gasteiger partial charge in [0, 0.05) is 17.7 Å². The third-order valence-corrected chi connectivity index (χ3v) is 11.1. The van der Waals surface area contributed by atoms with E-state index in [1.165, 1.54) is 5.56 Å². The van der Waals surface area contributed by atoms with Gasteiger partial charge in [0.15, 0.2) is 0 Å². The largest absolute Gasteiger partial charge is 0.269 e. The van der Waals surface area contributed by atoms with Crippen molar-refractivity contribution in [3.63, 3.8) is 0 Å². The Balaban J connectivity index is 2.70. The normalized spacial score (nSPS) is 15.2. The molecule has 3 nitrogen and oxygen atoms in total. The van der Waals surface area contributed by atoms with Crippen molar-refractivity contribution in [3.8, 4) is 0 Å². The smallest absolute Gasteiger partial charge is 0.258 e. The van der Waals surface area contributed by atoms with E-state index < -0.39 is 8.07 Å². The molecule has 5 heteroatoms. The average molecular weight is 284 g/mol. The molecule has 2 atom stereocenters. The van der Waals surface area contributed by atoms with Crippen LogP contribution < -0.4 is 0 Å². The van der Waals surface area contributed by atoms with Crippen LogP contribution >= 0.6 is 0 Å². The SMILES string of the molecule is CC([S+](C)Cc1ccc([N+](=O)[O-])cc1)[Si](C)(C)C. The van der Waals surface area contributed by atoms with Gasteiger partial charge in [-0.25, -0.2) is 0 Å². The highest BCUT2D eigenvalue weighted by molar-refractivity contribution is 7.97. The van der Waals surface area contributed by atoms with E-state index in [2.05, 4.69) is 32.8 Å². The number of nitro benzene ring substituents is 1. The standard InChI is InChI=1S/C13H22NO2SSi/c1-11(18(3,4)5)17(2)10-12-6-8-13(9-7-12)14(15)16/h6-9,11H,10H2,1-5H3/q+1. The fourth-order valence-corrected chi connectivity index (χ4v) is 7.75. The zero-order valence-electron chi connectivity index (χ0n) is 11.8. The van der Waals surface area contributed by atoms with Crippen molar-refractivity contribution in [2.75, 3.05) is 6.26 Å². The van der Waals surface area contributed by atoms with E-state index in [0.717, 1.165) is 10.6 Å². The average Bonchev–Trinajstić information content (AvgIpc) is 2.27. The summed E-state index contributed by atoms with van der Waals surface area (Å²) in [7, 11) is -0.763. The number of non-ortho nitro benzene ring substituents is 1. The van der Waals surface area contributed by atoms with E-state index in [0.29, 0.717) is 10.9 Å². The molecule has 0 aromatic heterocycles. The molecule has 18 heavy (non-hydrogen) atoms. The first-order valence-electron chi connectivity index (χ1n) is 6.06. The number of hydrogen-bond acceptors (Lipinski definition) is 2. The molecule has 0 bridgehead atoms. The lowest BCUT2D eigenvalue weighted by Crippen LogP contribution is -2.41. The van der Waals surface area contributed by atoms with Crippen LogP contribution in [0.1, 0.15) is 12.5 Å².